The highest BCUT2D eigenvalue weighted by Crippen LogP contribution is 2.44. The normalized spacial score (nSPS) is 28.7. The number of nitrogens with one attached hydrogen (secondary N) is 1. The highest BCUT2D eigenvalue weighted by Gasteiger charge is 2.49. The van der Waals surface area contributed by atoms with Crippen molar-refractivity contribution in [2.75, 3.05) is 43.4 Å². The molecule has 0 aliphatic carbocycles. The van der Waals surface area contributed by atoms with Crippen LogP contribution in [0.2, 0.25) is 0 Å². The quantitative estimate of drug-likeness (QED) is 0.378. The number of nitrogens with zero attached hydrogens (tertiary/aromatic N) is 5. The zero-order valence-electron chi connectivity index (χ0n) is 24.4. The van der Waals surface area contributed by atoms with Gasteiger partial charge in [-0.3, -0.25) is 4.90 Å². The first-order valence-electron chi connectivity index (χ1n) is 14.8. The van der Waals surface area contributed by atoms with Crippen molar-refractivity contribution in [3.05, 3.63) is 34.9 Å². The number of anilines is 2. The molecule has 3 N–H and O–H groups in total. The molecule has 4 aliphatic heterocycles. The number of nitrogen functional groups attached to an aromatic ring is 1. The van der Waals surface area contributed by atoms with Crippen LogP contribution < -0.4 is 20.7 Å². The molecule has 0 amide bonds. The fraction of sp³-hybridized carbons (Fsp3) is 0.567. The summed E-state index contributed by atoms with van der Waals surface area (Å²) >= 11 is 0. The van der Waals surface area contributed by atoms with Gasteiger partial charge in [-0.05, 0) is 63.8 Å². The van der Waals surface area contributed by atoms with E-state index in [2.05, 4.69) is 32.1 Å². The van der Waals surface area contributed by atoms with Crippen LogP contribution in [0.3, 0.4) is 0 Å². The Balaban J connectivity index is 1.39. The fourth-order valence-corrected chi connectivity index (χ4v) is 7.87. The standard InChI is InChI=1S/C30H33F6N7O/c1-15-8-20(37)38-25(22(15)30(34,35)36)21-19(32)9-18-24(23(21)33)39-27(44-14-29-5-3-7-43(29)11-16(31)10-29)40-26(18)42-12-17-4-6-28(2,13-42)41-17/h8-9,16-17,41H,3-7,10-14H2,1-2H3,(H2,37,38)/t16-,17-,28+,29+/m1/s1. The molecule has 0 spiro atoms. The molecule has 4 fully saturated rings. The lowest BCUT2D eigenvalue weighted by atomic mass is 9.95. The van der Waals surface area contributed by atoms with Gasteiger partial charge < -0.3 is 20.7 Å². The number of hydrogen-bond donors (Lipinski definition) is 2. The topological polar surface area (TPSA) is 92.4 Å². The summed E-state index contributed by atoms with van der Waals surface area (Å²) in [4.78, 5) is 16.6. The molecular weight excluding hydrogens is 588 g/mol. The molecule has 8 nitrogen and oxygen atoms in total. The predicted molar refractivity (Wildman–Crippen MR) is 152 cm³/mol. The molecule has 0 saturated carbocycles. The van der Waals surface area contributed by atoms with Gasteiger partial charge in [-0.2, -0.15) is 23.1 Å². The van der Waals surface area contributed by atoms with Crippen LogP contribution in [0, 0.1) is 18.6 Å². The number of alkyl halides is 4. The number of rotatable bonds is 5. The smallest absolute Gasteiger partial charge is 0.418 e. The van der Waals surface area contributed by atoms with Crippen molar-refractivity contribution in [3.8, 4) is 17.3 Å². The SMILES string of the molecule is Cc1cc(N)nc(-c2c(F)cc3c(N4C[C@H]5CC[C@@](C)(C4)N5)nc(OC[C@@]45CCCN4C[C@H](F)C5)nc3c2F)c1C(F)(F)F. The summed E-state index contributed by atoms with van der Waals surface area (Å²) in [7, 11) is 0. The number of nitrogens with two attached hydrogens (primary N) is 1. The molecule has 236 valence electrons. The number of hydrogen-bond acceptors (Lipinski definition) is 8. The Kier molecular flexibility index (Phi) is 6.71. The number of ether oxygens (including phenoxy) is 1. The summed E-state index contributed by atoms with van der Waals surface area (Å²) in [6.45, 7) is 5.30. The van der Waals surface area contributed by atoms with Gasteiger partial charge in [0.25, 0.3) is 0 Å². The van der Waals surface area contributed by atoms with E-state index in [9.17, 15) is 17.6 Å². The van der Waals surface area contributed by atoms with Crippen LogP contribution in [0.15, 0.2) is 12.1 Å². The van der Waals surface area contributed by atoms with Gasteiger partial charge in [-0.25, -0.2) is 18.2 Å². The molecule has 0 unspecified atom stereocenters. The van der Waals surface area contributed by atoms with Crippen molar-refractivity contribution in [3.63, 3.8) is 0 Å². The number of pyridine rings is 1. The van der Waals surface area contributed by atoms with E-state index < -0.39 is 51.9 Å². The molecule has 6 heterocycles. The van der Waals surface area contributed by atoms with Crippen molar-refractivity contribution in [2.45, 2.75) is 75.4 Å². The second kappa shape index (κ2) is 10.1. The fourth-order valence-electron chi connectivity index (χ4n) is 7.87. The number of fused-ring (bicyclic) bond motifs is 4. The maximum Gasteiger partial charge on any atom is 0.418 e. The van der Waals surface area contributed by atoms with E-state index >= 15 is 8.78 Å². The van der Waals surface area contributed by atoms with E-state index in [-0.39, 0.29) is 53.2 Å². The van der Waals surface area contributed by atoms with Crippen LogP contribution in [0.4, 0.5) is 38.0 Å². The van der Waals surface area contributed by atoms with Gasteiger partial charge in [0, 0.05) is 43.0 Å². The summed E-state index contributed by atoms with van der Waals surface area (Å²) in [5.41, 5.74) is 0.997. The Morgan fingerprint density at radius 2 is 1.93 bits per heavy atom. The van der Waals surface area contributed by atoms with Gasteiger partial charge in [0.05, 0.1) is 22.4 Å². The molecule has 4 saturated heterocycles. The summed E-state index contributed by atoms with van der Waals surface area (Å²) in [5, 5.41) is 3.57. The van der Waals surface area contributed by atoms with Crippen LogP contribution in [0.1, 0.15) is 50.2 Å². The third-order valence-corrected chi connectivity index (χ3v) is 9.71. The second-order valence-corrected chi connectivity index (χ2v) is 13.0. The lowest BCUT2D eigenvalue weighted by Crippen LogP contribution is -2.58. The number of aromatic nitrogens is 3. The highest BCUT2D eigenvalue weighted by molar-refractivity contribution is 5.94. The molecule has 3 aromatic rings. The van der Waals surface area contributed by atoms with Crippen LogP contribution in [-0.4, -0.2) is 75.9 Å². The molecule has 2 aromatic heterocycles. The van der Waals surface area contributed by atoms with E-state index in [4.69, 9.17) is 10.5 Å². The van der Waals surface area contributed by atoms with E-state index in [0.717, 1.165) is 51.3 Å². The third-order valence-electron chi connectivity index (χ3n) is 9.71. The molecule has 2 bridgehead atoms. The summed E-state index contributed by atoms with van der Waals surface area (Å²) in [6, 6.07) is 1.88. The molecule has 7 rings (SSSR count). The summed E-state index contributed by atoms with van der Waals surface area (Å²) in [6.07, 6.45) is -2.26. The molecule has 4 aliphatic rings. The maximum atomic E-state index is 16.5. The number of benzene rings is 1. The number of halogens is 6. The first-order valence-corrected chi connectivity index (χ1v) is 14.8. The Hall–Kier alpha value is -3.39. The number of aryl methyl sites for hydroxylation is 1. The number of piperazine rings is 1. The minimum atomic E-state index is -4.96. The minimum Gasteiger partial charge on any atom is -0.461 e. The van der Waals surface area contributed by atoms with Crippen molar-refractivity contribution >= 4 is 22.5 Å². The van der Waals surface area contributed by atoms with E-state index in [1.807, 2.05) is 4.90 Å². The van der Waals surface area contributed by atoms with Gasteiger partial charge in [0.2, 0.25) is 0 Å². The average molecular weight is 622 g/mol. The minimum absolute atomic E-state index is 0.000489. The van der Waals surface area contributed by atoms with Gasteiger partial charge in [-0.1, -0.05) is 0 Å². The van der Waals surface area contributed by atoms with Gasteiger partial charge in [0.1, 0.15) is 35.7 Å². The monoisotopic (exact) mass is 621 g/mol. The van der Waals surface area contributed by atoms with Crippen molar-refractivity contribution in [2.24, 2.45) is 0 Å². The summed E-state index contributed by atoms with van der Waals surface area (Å²) in [5.74, 6) is -2.67. The second-order valence-electron chi connectivity index (χ2n) is 13.0. The van der Waals surface area contributed by atoms with E-state index in [1.54, 1.807) is 0 Å². The molecule has 1 aromatic carbocycles. The van der Waals surface area contributed by atoms with Crippen LogP contribution in [0.25, 0.3) is 22.2 Å². The predicted octanol–water partition coefficient (Wildman–Crippen LogP) is 5.17. The van der Waals surface area contributed by atoms with Gasteiger partial charge >= 0.3 is 12.2 Å². The largest absolute Gasteiger partial charge is 0.461 e. The van der Waals surface area contributed by atoms with Crippen LogP contribution in [0.5, 0.6) is 6.01 Å². The lowest BCUT2D eigenvalue weighted by Gasteiger charge is -2.40. The summed E-state index contributed by atoms with van der Waals surface area (Å²) < 4.78 is 95.3. The molecule has 0 radical (unpaired) electrons. The lowest BCUT2D eigenvalue weighted by molar-refractivity contribution is -0.137. The molecule has 4 atom stereocenters. The Bertz CT molecular complexity index is 1650. The average Bonchev–Trinajstić information content (AvgIpc) is 3.54. The maximum absolute atomic E-state index is 16.5. The highest BCUT2D eigenvalue weighted by atomic mass is 19.4. The zero-order valence-corrected chi connectivity index (χ0v) is 24.4. The van der Waals surface area contributed by atoms with E-state index in [0.29, 0.717) is 19.6 Å². The Morgan fingerprint density at radius 1 is 1.14 bits per heavy atom. The zero-order chi connectivity index (χ0) is 31.2. The van der Waals surface area contributed by atoms with Crippen molar-refractivity contribution in [1.82, 2.24) is 25.2 Å². The van der Waals surface area contributed by atoms with Gasteiger partial charge in [-0.15, -0.1) is 0 Å². The Labute approximate surface area is 250 Å². The van der Waals surface area contributed by atoms with E-state index in [1.165, 1.54) is 0 Å². The van der Waals surface area contributed by atoms with Crippen LogP contribution in [-0.2, 0) is 6.18 Å². The van der Waals surface area contributed by atoms with Crippen LogP contribution >= 0.6 is 0 Å². The first kappa shape index (κ1) is 29.3. The first-order chi connectivity index (χ1) is 20.8. The van der Waals surface area contributed by atoms with Crippen molar-refractivity contribution < 1.29 is 31.1 Å². The molecule has 14 heteroatoms. The molecular formula is C30H33F6N7O. The Morgan fingerprint density at radius 3 is 2.68 bits per heavy atom. The third kappa shape index (κ3) is 4.81. The van der Waals surface area contributed by atoms with Crippen molar-refractivity contribution in [1.29, 1.82) is 0 Å². The van der Waals surface area contributed by atoms with Gasteiger partial charge in [0.15, 0.2) is 5.82 Å². The molecule has 44 heavy (non-hydrogen) atoms.